The number of aryl methyl sites for hydroxylation is 1. The standard InChI is InChI=1S/C14H22N2/c1-4-11-7-5-6-8-13(11)16-12-9-14(2,3)15-10-12/h5-8,12,15-16H,4,9-10H2,1-3H3. The molecule has 0 aliphatic carbocycles. The number of para-hydroxylation sites is 1. The van der Waals surface area contributed by atoms with Crippen LogP contribution in [0.25, 0.3) is 0 Å². The van der Waals surface area contributed by atoms with E-state index >= 15 is 0 Å². The van der Waals surface area contributed by atoms with Crippen LogP contribution in [0.5, 0.6) is 0 Å². The summed E-state index contributed by atoms with van der Waals surface area (Å²) in [6.45, 7) is 7.79. The number of anilines is 1. The van der Waals surface area contributed by atoms with Crippen molar-refractivity contribution in [2.75, 3.05) is 11.9 Å². The van der Waals surface area contributed by atoms with Crippen LogP contribution >= 0.6 is 0 Å². The summed E-state index contributed by atoms with van der Waals surface area (Å²) >= 11 is 0. The molecule has 0 amide bonds. The molecule has 1 atom stereocenters. The largest absolute Gasteiger partial charge is 0.381 e. The van der Waals surface area contributed by atoms with Crippen LogP contribution in [0.2, 0.25) is 0 Å². The van der Waals surface area contributed by atoms with Gasteiger partial charge in [-0.05, 0) is 38.3 Å². The first-order chi connectivity index (χ1) is 7.61. The second-order valence-corrected chi connectivity index (χ2v) is 5.32. The van der Waals surface area contributed by atoms with E-state index in [0.717, 1.165) is 13.0 Å². The fraction of sp³-hybridized carbons (Fsp3) is 0.571. The molecular formula is C14H22N2. The van der Waals surface area contributed by atoms with Crippen LogP contribution in [0, 0.1) is 0 Å². The lowest BCUT2D eigenvalue weighted by Crippen LogP contribution is -2.31. The molecule has 1 aromatic carbocycles. The lowest BCUT2D eigenvalue weighted by Gasteiger charge is -2.19. The van der Waals surface area contributed by atoms with Crippen LogP contribution in [0.1, 0.15) is 32.8 Å². The van der Waals surface area contributed by atoms with Crippen LogP contribution in [0.3, 0.4) is 0 Å². The molecule has 1 fully saturated rings. The number of benzene rings is 1. The summed E-state index contributed by atoms with van der Waals surface area (Å²) in [5.74, 6) is 0. The Labute approximate surface area is 98.4 Å². The third-order valence-electron chi connectivity index (χ3n) is 3.34. The van der Waals surface area contributed by atoms with Gasteiger partial charge in [-0.3, -0.25) is 0 Å². The first-order valence-electron chi connectivity index (χ1n) is 6.20. The zero-order valence-electron chi connectivity index (χ0n) is 10.5. The van der Waals surface area contributed by atoms with Gasteiger partial charge in [-0.25, -0.2) is 0 Å². The topological polar surface area (TPSA) is 24.1 Å². The van der Waals surface area contributed by atoms with E-state index in [2.05, 4.69) is 55.7 Å². The van der Waals surface area contributed by atoms with Crippen LogP contribution in [-0.2, 0) is 6.42 Å². The maximum atomic E-state index is 3.65. The predicted octanol–water partition coefficient (Wildman–Crippen LogP) is 2.80. The Bertz CT molecular complexity index is 358. The Kier molecular flexibility index (Phi) is 3.20. The van der Waals surface area contributed by atoms with E-state index in [0.29, 0.717) is 6.04 Å². The van der Waals surface area contributed by atoms with E-state index < -0.39 is 0 Å². The van der Waals surface area contributed by atoms with Gasteiger partial charge >= 0.3 is 0 Å². The van der Waals surface area contributed by atoms with Crippen molar-refractivity contribution < 1.29 is 0 Å². The molecule has 1 heterocycles. The Morgan fingerprint density at radius 3 is 2.75 bits per heavy atom. The van der Waals surface area contributed by atoms with Crippen molar-refractivity contribution in [1.82, 2.24) is 5.32 Å². The van der Waals surface area contributed by atoms with Crippen molar-refractivity contribution in [3.8, 4) is 0 Å². The van der Waals surface area contributed by atoms with Crippen molar-refractivity contribution in [3.05, 3.63) is 29.8 Å². The lowest BCUT2D eigenvalue weighted by molar-refractivity contribution is 0.457. The van der Waals surface area contributed by atoms with Gasteiger partial charge < -0.3 is 10.6 Å². The molecule has 1 aliphatic heterocycles. The summed E-state index contributed by atoms with van der Waals surface area (Å²) in [6.07, 6.45) is 2.28. The molecule has 1 aromatic rings. The van der Waals surface area contributed by atoms with Crippen LogP contribution in [0.15, 0.2) is 24.3 Å². The molecule has 16 heavy (non-hydrogen) atoms. The van der Waals surface area contributed by atoms with Crippen LogP contribution in [-0.4, -0.2) is 18.1 Å². The highest BCUT2D eigenvalue weighted by Gasteiger charge is 2.30. The minimum atomic E-state index is 0.277. The Morgan fingerprint density at radius 2 is 2.12 bits per heavy atom. The molecule has 0 aromatic heterocycles. The fourth-order valence-corrected chi connectivity index (χ4v) is 2.45. The van der Waals surface area contributed by atoms with Crippen molar-refractivity contribution in [3.63, 3.8) is 0 Å². The Morgan fingerprint density at radius 1 is 1.38 bits per heavy atom. The highest BCUT2D eigenvalue weighted by molar-refractivity contribution is 5.52. The van der Waals surface area contributed by atoms with Gasteiger partial charge in [0, 0.05) is 23.8 Å². The summed E-state index contributed by atoms with van der Waals surface area (Å²) in [6, 6.07) is 9.17. The molecular weight excluding hydrogens is 196 g/mol. The summed E-state index contributed by atoms with van der Waals surface area (Å²) in [5, 5.41) is 7.19. The van der Waals surface area contributed by atoms with Crippen LogP contribution in [0.4, 0.5) is 5.69 Å². The van der Waals surface area contributed by atoms with E-state index in [4.69, 9.17) is 0 Å². The average Bonchev–Trinajstić information content (AvgIpc) is 2.59. The van der Waals surface area contributed by atoms with Crippen molar-refractivity contribution in [2.45, 2.75) is 45.2 Å². The number of hydrogen-bond donors (Lipinski definition) is 2. The molecule has 2 rings (SSSR count). The summed E-state index contributed by atoms with van der Waals surface area (Å²) in [7, 11) is 0. The van der Waals surface area contributed by atoms with E-state index in [1.165, 1.54) is 17.7 Å². The van der Waals surface area contributed by atoms with Gasteiger partial charge in [0.05, 0.1) is 0 Å². The normalized spacial score (nSPS) is 23.3. The highest BCUT2D eigenvalue weighted by Crippen LogP contribution is 2.23. The summed E-state index contributed by atoms with van der Waals surface area (Å²) in [4.78, 5) is 0. The van der Waals surface area contributed by atoms with Gasteiger partial charge in [0.25, 0.3) is 0 Å². The molecule has 1 aliphatic rings. The van der Waals surface area contributed by atoms with Gasteiger partial charge in [0.1, 0.15) is 0 Å². The highest BCUT2D eigenvalue weighted by atomic mass is 15.1. The minimum absolute atomic E-state index is 0.277. The van der Waals surface area contributed by atoms with Crippen molar-refractivity contribution in [2.24, 2.45) is 0 Å². The number of rotatable bonds is 3. The quantitative estimate of drug-likeness (QED) is 0.815. The molecule has 1 saturated heterocycles. The first-order valence-corrected chi connectivity index (χ1v) is 6.20. The molecule has 2 N–H and O–H groups in total. The zero-order chi connectivity index (χ0) is 11.6. The second kappa shape index (κ2) is 4.46. The Balaban J connectivity index is 2.04. The molecule has 0 saturated carbocycles. The smallest absolute Gasteiger partial charge is 0.0403 e. The molecule has 2 heteroatoms. The molecule has 1 unspecified atom stereocenters. The van der Waals surface area contributed by atoms with E-state index in [1.54, 1.807) is 0 Å². The predicted molar refractivity (Wildman–Crippen MR) is 69.9 cm³/mol. The SMILES string of the molecule is CCc1ccccc1NC1CNC(C)(C)C1. The van der Waals surface area contributed by atoms with Gasteiger partial charge in [0.15, 0.2) is 0 Å². The van der Waals surface area contributed by atoms with Crippen LogP contribution < -0.4 is 10.6 Å². The van der Waals surface area contributed by atoms with Gasteiger partial charge in [-0.1, -0.05) is 25.1 Å². The molecule has 0 radical (unpaired) electrons. The average molecular weight is 218 g/mol. The molecule has 0 spiro atoms. The molecule has 88 valence electrons. The van der Waals surface area contributed by atoms with Gasteiger partial charge in [-0.2, -0.15) is 0 Å². The maximum absolute atomic E-state index is 3.65. The van der Waals surface area contributed by atoms with Gasteiger partial charge in [-0.15, -0.1) is 0 Å². The van der Waals surface area contributed by atoms with Crippen molar-refractivity contribution >= 4 is 5.69 Å². The zero-order valence-corrected chi connectivity index (χ0v) is 10.5. The van der Waals surface area contributed by atoms with E-state index in [9.17, 15) is 0 Å². The number of hydrogen-bond acceptors (Lipinski definition) is 2. The Hall–Kier alpha value is -1.02. The lowest BCUT2D eigenvalue weighted by atomic mass is 10.0. The summed E-state index contributed by atoms with van der Waals surface area (Å²) < 4.78 is 0. The monoisotopic (exact) mass is 218 g/mol. The maximum Gasteiger partial charge on any atom is 0.0403 e. The van der Waals surface area contributed by atoms with E-state index in [-0.39, 0.29) is 5.54 Å². The fourth-order valence-electron chi connectivity index (χ4n) is 2.45. The second-order valence-electron chi connectivity index (χ2n) is 5.32. The molecule has 2 nitrogen and oxygen atoms in total. The number of nitrogens with one attached hydrogen (secondary N) is 2. The van der Waals surface area contributed by atoms with Crippen molar-refractivity contribution in [1.29, 1.82) is 0 Å². The van der Waals surface area contributed by atoms with Gasteiger partial charge in [0.2, 0.25) is 0 Å². The van der Waals surface area contributed by atoms with E-state index in [1.807, 2.05) is 0 Å². The minimum Gasteiger partial charge on any atom is -0.381 e. The molecule has 0 bridgehead atoms. The summed E-state index contributed by atoms with van der Waals surface area (Å²) in [5.41, 5.74) is 2.99. The first kappa shape index (κ1) is 11.5. The third-order valence-corrected chi connectivity index (χ3v) is 3.34. The third kappa shape index (κ3) is 2.56.